The molecule has 4 nitrogen and oxygen atoms in total. The minimum atomic E-state index is -0.181. The standard InChI is InChI=1S/C15H20O4/c1-17-13-8-3-4-9-14(13)19-10-12(15(16)18-2)11-6-5-7-11/h3-4,8-9,11-12H,5-7,10H2,1-2H3. The summed E-state index contributed by atoms with van der Waals surface area (Å²) in [5, 5.41) is 0. The minimum absolute atomic E-state index is 0.177. The van der Waals surface area contributed by atoms with Crippen molar-refractivity contribution >= 4 is 5.97 Å². The van der Waals surface area contributed by atoms with Crippen LogP contribution in [0.1, 0.15) is 19.3 Å². The molecule has 0 aromatic heterocycles. The Morgan fingerprint density at radius 1 is 1.26 bits per heavy atom. The van der Waals surface area contributed by atoms with Crippen molar-refractivity contribution in [1.29, 1.82) is 0 Å². The Morgan fingerprint density at radius 3 is 2.47 bits per heavy atom. The maximum atomic E-state index is 11.8. The van der Waals surface area contributed by atoms with E-state index in [1.165, 1.54) is 13.5 Å². The molecule has 1 unspecified atom stereocenters. The van der Waals surface area contributed by atoms with E-state index in [-0.39, 0.29) is 11.9 Å². The molecule has 1 saturated carbocycles. The van der Waals surface area contributed by atoms with Crippen LogP contribution in [0.2, 0.25) is 0 Å². The first-order valence-electron chi connectivity index (χ1n) is 6.60. The molecule has 0 amide bonds. The van der Waals surface area contributed by atoms with Crippen molar-refractivity contribution in [2.24, 2.45) is 11.8 Å². The van der Waals surface area contributed by atoms with Crippen LogP contribution in [0.15, 0.2) is 24.3 Å². The second kappa shape index (κ2) is 6.45. The van der Waals surface area contributed by atoms with Crippen LogP contribution in [0.25, 0.3) is 0 Å². The van der Waals surface area contributed by atoms with Gasteiger partial charge in [0, 0.05) is 0 Å². The molecular formula is C15H20O4. The molecule has 0 aliphatic heterocycles. The fourth-order valence-electron chi connectivity index (χ4n) is 2.31. The maximum Gasteiger partial charge on any atom is 0.312 e. The summed E-state index contributed by atoms with van der Waals surface area (Å²) in [6.07, 6.45) is 3.34. The van der Waals surface area contributed by atoms with Crippen LogP contribution in [-0.4, -0.2) is 26.8 Å². The number of esters is 1. The van der Waals surface area contributed by atoms with Crippen LogP contribution in [0.3, 0.4) is 0 Å². The molecule has 0 saturated heterocycles. The summed E-state index contributed by atoms with van der Waals surface area (Å²) in [6, 6.07) is 7.45. The van der Waals surface area contributed by atoms with Crippen molar-refractivity contribution in [2.75, 3.05) is 20.8 Å². The van der Waals surface area contributed by atoms with Gasteiger partial charge in [-0.15, -0.1) is 0 Å². The highest BCUT2D eigenvalue weighted by Crippen LogP contribution is 2.35. The van der Waals surface area contributed by atoms with E-state index in [4.69, 9.17) is 14.2 Å². The number of hydrogen-bond donors (Lipinski definition) is 0. The topological polar surface area (TPSA) is 44.8 Å². The van der Waals surface area contributed by atoms with Gasteiger partial charge in [-0.1, -0.05) is 18.6 Å². The van der Waals surface area contributed by atoms with Gasteiger partial charge in [0.05, 0.1) is 20.1 Å². The normalized spacial score (nSPS) is 16.3. The van der Waals surface area contributed by atoms with Crippen molar-refractivity contribution in [3.05, 3.63) is 24.3 Å². The summed E-state index contributed by atoms with van der Waals surface area (Å²) in [6.45, 7) is 0.345. The lowest BCUT2D eigenvalue weighted by molar-refractivity contribution is -0.150. The van der Waals surface area contributed by atoms with Crippen molar-refractivity contribution in [1.82, 2.24) is 0 Å². The van der Waals surface area contributed by atoms with Crippen molar-refractivity contribution in [2.45, 2.75) is 19.3 Å². The van der Waals surface area contributed by atoms with Gasteiger partial charge in [-0.2, -0.15) is 0 Å². The molecule has 2 rings (SSSR count). The Kier molecular flexibility index (Phi) is 4.66. The second-order valence-electron chi connectivity index (χ2n) is 4.78. The van der Waals surface area contributed by atoms with E-state index in [2.05, 4.69) is 0 Å². The Balaban J connectivity index is 1.99. The molecule has 104 valence electrons. The third kappa shape index (κ3) is 3.19. The SMILES string of the molecule is COC(=O)C(COc1ccccc1OC)C1CCC1. The number of methoxy groups -OCH3 is 2. The zero-order valence-electron chi connectivity index (χ0n) is 11.4. The molecule has 1 fully saturated rings. The molecular weight excluding hydrogens is 244 g/mol. The lowest BCUT2D eigenvalue weighted by atomic mass is 9.76. The largest absolute Gasteiger partial charge is 0.493 e. The Morgan fingerprint density at radius 2 is 1.95 bits per heavy atom. The van der Waals surface area contributed by atoms with Crippen LogP contribution in [-0.2, 0) is 9.53 Å². The van der Waals surface area contributed by atoms with Crippen LogP contribution in [0, 0.1) is 11.8 Å². The molecule has 1 aliphatic carbocycles. The molecule has 19 heavy (non-hydrogen) atoms. The summed E-state index contributed by atoms with van der Waals surface area (Å²) in [7, 11) is 3.03. The average molecular weight is 264 g/mol. The fraction of sp³-hybridized carbons (Fsp3) is 0.533. The Labute approximate surface area is 113 Å². The minimum Gasteiger partial charge on any atom is -0.493 e. The highest BCUT2D eigenvalue weighted by Gasteiger charge is 2.34. The van der Waals surface area contributed by atoms with E-state index in [1.807, 2.05) is 24.3 Å². The highest BCUT2D eigenvalue weighted by atomic mass is 16.5. The Bertz CT molecular complexity index is 426. The van der Waals surface area contributed by atoms with Gasteiger partial charge in [0.25, 0.3) is 0 Å². The third-order valence-electron chi connectivity index (χ3n) is 3.71. The van der Waals surface area contributed by atoms with E-state index >= 15 is 0 Å². The molecule has 0 spiro atoms. The van der Waals surface area contributed by atoms with Gasteiger partial charge in [0.2, 0.25) is 0 Å². The van der Waals surface area contributed by atoms with Crippen molar-refractivity contribution in [3.8, 4) is 11.5 Å². The summed E-state index contributed by atoms with van der Waals surface area (Å²) in [5.41, 5.74) is 0. The van der Waals surface area contributed by atoms with E-state index < -0.39 is 0 Å². The van der Waals surface area contributed by atoms with E-state index in [0.29, 0.717) is 24.0 Å². The molecule has 0 N–H and O–H groups in total. The smallest absolute Gasteiger partial charge is 0.312 e. The molecule has 1 aliphatic rings. The zero-order valence-corrected chi connectivity index (χ0v) is 11.4. The van der Waals surface area contributed by atoms with Crippen molar-refractivity contribution < 1.29 is 19.0 Å². The number of para-hydroxylation sites is 2. The monoisotopic (exact) mass is 264 g/mol. The second-order valence-corrected chi connectivity index (χ2v) is 4.78. The first kappa shape index (κ1) is 13.7. The molecule has 0 bridgehead atoms. The highest BCUT2D eigenvalue weighted by molar-refractivity contribution is 5.73. The fourth-order valence-corrected chi connectivity index (χ4v) is 2.31. The number of hydrogen-bond acceptors (Lipinski definition) is 4. The summed E-state index contributed by atoms with van der Waals surface area (Å²) < 4.78 is 15.8. The van der Waals surface area contributed by atoms with Gasteiger partial charge in [-0.05, 0) is 30.9 Å². The lowest BCUT2D eigenvalue weighted by Crippen LogP contribution is -2.34. The lowest BCUT2D eigenvalue weighted by Gasteiger charge is -2.31. The van der Waals surface area contributed by atoms with Gasteiger partial charge >= 0.3 is 5.97 Å². The summed E-state index contributed by atoms with van der Waals surface area (Å²) in [4.78, 5) is 11.8. The predicted octanol–water partition coefficient (Wildman–Crippen LogP) is 2.66. The first-order chi connectivity index (χ1) is 9.26. The molecule has 4 heteroatoms. The molecule has 1 aromatic rings. The van der Waals surface area contributed by atoms with E-state index in [0.717, 1.165) is 12.8 Å². The molecule has 0 heterocycles. The van der Waals surface area contributed by atoms with Crippen LogP contribution in [0.5, 0.6) is 11.5 Å². The number of ether oxygens (including phenoxy) is 3. The van der Waals surface area contributed by atoms with Gasteiger partial charge in [-0.25, -0.2) is 0 Å². The number of carbonyl (C=O) groups excluding carboxylic acids is 1. The average Bonchev–Trinajstić information content (AvgIpc) is 2.40. The first-order valence-corrected chi connectivity index (χ1v) is 6.60. The van der Waals surface area contributed by atoms with E-state index in [1.54, 1.807) is 7.11 Å². The number of benzene rings is 1. The summed E-state index contributed by atoms with van der Waals surface area (Å²) in [5.74, 6) is 1.38. The van der Waals surface area contributed by atoms with Gasteiger partial charge < -0.3 is 14.2 Å². The predicted molar refractivity (Wildman–Crippen MR) is 71.3 cm³/mol. The number of rotatable bonds is 6. The maximum absolute atomic E-state index is 11.8. The van der Waals surface area contributed by atoms with Gasteiger partial charge in [0.1, 0.15) is 6.61 Å². The van der Waals surface area contributed by atoms with Gasteiger partial charge in [-0.3, -0.25) is 4.79 Å². The van der Waals surface area contributed by atoms with E-state index in [9.17, 15) is 4.79 Å². The molecule has 1 aromatic carbocycles. The quantitative estimate of drug-likeness (QED) is 0.741. The Hall–Kier alpha value is -1.71. The van der Waals surface area contributed by atoms with Crippen LogP contribution < -0.4 is 9.47 Å². The third-order valence-corrected chi connectivity index (χ3v) is 3.71. The van der Waals surface area contributed by atoms with Crippen LogP contribution >= 0.6 is 0 Å². The number of carbonyl (C=O) groups is 1. The van der Waals surface area contributed by atoms with Crippen molar-refractivity contribution in [3.63, 3.8) is 0 Å². The zero-order chi connectivity index (χ0) is 13.7. The van der Waals surface area contributed by atoms with Crippen LogP contribution in [0.4, 0.5) is 0 Å². The molecule has 0 radical (unpaired) electrons. The molecule has 1 atom stereocenters. The summed E-state index contributed by atoms with van der Waals surface area (Å²) >= 11 is 0. The van der Waals surface area contributed by atoms with Gasteiger partial charge in [0.15, 0.2) is 11.5 Å².